The Morgan fingerprint density at radius 3 is 2.43 bits per heavy atom. The van der Waals surface area contributed by atoms with E-state index in [0.717, 1.165) is 31.6 Å². The van der Waals surface area contributed by atoms with Gasteiger partial charge in [-0.15, -0.1) is 0 Å². The van der Waals surface area contributed by atoms with Crippen LogP contribution in [-0.2, 0) is 4.79 Å². The van der Waals surface area contributed by atoms with E-state index in [-0.39, 0.29) is 11.9 Å². The van der Waals surface area contributed by atoms with Crippen molar-refractivity contribution in [3.8, 4) is 0 Å². The summed E-state index contributed by atoms with van der Waals surface area (Å²) >= 11 is 0. The molecule has 1 amide bonds. The number of unbranched alkanes of at least 4 members (excludes halogenated alkanes) is 1. The lowest BCUT2D eigenvalue weighted by Crippen LogP contribution is -2.38. The molecule has 0 spiro atoms. The third kappa shape index (κ3) is 7.25. The summed E-state index contributed by atoms with van der Waals surface area (Å²) in [5.74, 6) is 0.0144. The summed E-state index contributed by atoms with van der Waals surface area (Å²) in [6.07, 6.45) is 2.23. The number of amides is 1. The van der Waals surface area contributed by atoms with E-state index in [9.17, 15) is 4.79 Å². The van der Waals surface area contributed by atoms with E-state index in [0.29, 0.717) is 6.04 Å². The molecule has 118 valence electrons. The molecular formula is C17H29N3O. The Hall–Kier alpha value is -1.39. The molecule has 0 fully saturated rings. The molecule has 0 aromatic heterocycles. The lowest BCUT2D eigenvalue weighted by molar-refractivity contribution is -0.117. The van der Waals surface area contributed by atoms with Gasteiger partial charge in [-0.25, -0.2) is 0 Å². The van der Waals surface area contributed by atoms with Gasteiger partial charge in [-0.2, -0.15) is 0 Å². The molecule has 0 aliphatic carbocycles. The van der Waals surface area contributed by atoms with E-state index in [1.165, 1.54) is 0 Å². The molecule has 0 saturated heterocycles. The summed E-state index contributed by atoms with van der Waals surface area (Å²) in [6, 6.07) is 9.98. The van der Waals surface area contributed by atoms with Crippen LogP contribution in [0.15, 0.2) is 30.3 Å². The summed E-state index contributed by atoms with van der Waals surface area (Å²) < 4.78 is 0. The highest BCUT2D eigenvalue weighted by molar-refractivity contribution is 5.94. The molecule has 0 bridgehead atoms. The van der Waals surface area contributed by atoms with Crippen molar-refractivity contribution >= 4 is 11.6 Å². The molecule has 0 aliphatic heterocycles. The first-order valence-electron chi connectivity index (χ1n) is 7.80. The Morgan fingerprint density at radius 2 is 1.81 bits per heavy atom. The van der Waals surface area contributed by atoms with Crippen LogP contribution in [0.4, 0.5) is 5.69 Å². The standard InChI is InChI=1S/C17H29N3O/c1-14(2)20(4)13-9-8-12-18-15(3)17(21)19-16-10-6-5-7-11-16/h5-7,10-11,14-15,18H,8-9,12-13H2,1-4H3,(H,19,21). The molecule has 1 unspecified atom stereocenters. The van der Waals surface area contributed by atoms with Gasteiger partial charge in [0, 0.05) is 11.7 Å². The maximum absolute atomic E-state index is 12.0. The fourth-order valence-electron chi connectivity index (χ4n) is 1.93. The Balaban J connectivity index is 2.16. The van der Waals surface area contributed by atoms with Crippen LogP contribution in [0.1, 0.15) is 33.6 Å². The van der Waals surface area contributed by atoms with Crippen molar-refractivity contribution in [2.75, 3.05) is 25.5 Å². The van der Waals surface area contributed by atoms with Crippen LogP contribution in [0, 0.1) is 0 Å². The van der Waals surface area contributed by atoms with E-state index >= 15 is 0 Å². The predicted molar refractivity (Wildman–Crippen MR) is 89.5 cm³/mol. The second-order valence-electron chi connectivity index (χ2n) is 5.81. The van der Waals surface area contributed by atoms with E-state index < -0.39 is 0 Å². The number of hydrogen-bond donors (Lipinski definition) is 2. The van der Waals surface area contributed by atoms with Crippen molar-refractivity contribution < 1.29 is 4.79 Å². The van der Waals surface area contributed by atoms with E-state index in [1.807, 2.05) is 37.3 Å². The number of carbonyl (C=O) groups is 1. The van der Waals surface area contributed by atoms with Gasteiger partial charge in [0.05, 0.1) is 6.04 Å². The van der Waals surface area contributed by atoms with Gasteiger partial charge in [0.15, 0.2) is 0 Å². The van der Waals surface area contributed by atoms with Crippen molar-refractivity contribution in [3.05, 3.63) is 30.3 Å². The zero-order valence-electron chi connectivity index (χ0n) is 13.7. The van der Waals surface area contributed by atoms with Crippen molar-refractivity contribution in [2.45, 2.75) is 45.7 Å². The first-order chi connectivity index (χ1) is 10.0. The van der Waals surface area contributed by atoms with Crippen molar-refractivity contribution in [2.24, 2.45) is 0 Å². The van der Waals surface area contributed by atoms with Gasteiger partial charge in [-0.3, -0.25) is 4.79 Å². The Kier molecular flexibility index (Phi) is 8.01. The molecule has 0 aliphatic rings. The van der Waals surface area contributed by atoms with Crippen LogP contribution >= 0.6 is 0 Å². The number of nitrogens with zero attached hydrogens (tertiary/aromatic N) is 1. The smallest absolute Gasteiger partial charge is 0.241 e. The minimum atomic E-state index is -0.173. The summed E-state index contributed by atoms with van der Waals surface area (Å²) in [6.45, 7) is 8.28. The third-order valence-corrected chi connectivity index (χ3v) is 3.70. The number of rotatable bonds is 9. The average molecular weight is 291 g/mol. The Morgan fingerprint density at radius 1 is 1.14 bits per heavy atom. The third-order valence-electron chi connectivity index (χ3n) is 3.70. The second-order valence-corrected chi connectivity index (χ2v) is 5.81. The molecule has 1 atom stereocenters. The average Bonchev–Trinajstić information content (AvgIpc) is 2.47. The van der Waals surface area contributed by atoms with Gasteiger partial charge >= 0.3 is 0 Å². The zero-order chi connectivity index (χ0) is 15.7. The molecule has 2 N–H and O–H groups in total. The SMILES string of the molecule is CC(NCCCCN(C)C(C)C)C(=O)Nc1ccccc1. The maximum atomic E-state index is 12.0. The highest BCUT2D eigenvalue weighted by atomic mass is 16.2. The van der Waals surface area contributed by atoms with Gasteiger partial charge < -0.3 is 15.5 Å². The molecular weight excluding hydrogens is 262 g/mol. The van der Waals surface area contributed by atoms with Gasteiger partial charge in [0.2, 0.25) is 5.91 Å². The Labute approximate surface area is 128 Å². The monoisotopic (exact) mass is 291 g/mol. The van der Waals surface area contributed by atoms with Crippen molar-refractivity contribution in [1.82, 2.24) is 10.2 Å². The maximum Gasteiger partial charge on any atom is 0.241 e. The fourth-order valence-corrected chi connectivity index (χ4v) is 1.93. The first-order valence-corrected chi connectivity index (χ1v) is 7.80. The topological polar surface area (TPSA) is 44.4 Å². The van der Waals surface area contributed by atoms with Crippen LogP contribution in [0.25, 0.3) is 0 Å². The van der Waals surface area contributed by atoms with Crippen molar-refractivity contribution in [3.63, 3.8) is 0 Å². The van der Waals surface area contributed by atoms with E-state index in [4.69, 9.17) is 0 Å². The number of anilines is 1. The minimum Gasteiger partial charge on any atom is -0.325 e. The van der Waals surface area contributed by atoms with Crippen LogP contribution in [-0.4, -0.2) is 43.0 Å². The highest BCUT2D eigenvalue weighted by Crippen LogP contribution is 2.05. The normalized spacial score (nSPS) is 12.7. The fraction of sp³-hybridized carbons (Fsp3) is 0.588. The molecule has 0 saturated carbocycles. The summed E-state index contributed by atoms with van der Waals surface area (Å²) in [5, 5.41) is 6.18. The van der Waals surface area contributed by atoms with Gasteiger partial charge in [0.25, 0.3) is 0 Å². The molecule has 21 heavy (non-hydrogen) atoms. The predicted octanol–water partition coefficient (Wildman–Crippen LogP) is 2.72. The van der Waals surface area contributed by atoms with E-state index in [1.54, 1.807) is 0 Å². The van der Waals surface area contributed by atoms with E-state index in [2.05, 4.69) is 36.4 Å². The first kappa shape index (κ1) is 17.7. The molecule has 1 aromatic rings. The van der Waals surface area contributed by atoms with Gasteiger partial charge in [0.1, 0.15) is 0 Å². The number of hydrogen-bond acceptors (Lipinski definition) is 3. The molecule has 0 heterocycles. The molecule has 4 nitrogen and oxygen atoms in total. The van der Waals surface area contributed by atoms with Gasteiger partial charge in [-0.05, 0) is 65.9 Å². The van der Waals surface area contributed by atoms with Crippen LogP contribution in [0.5, 0.6) is 0 Å². The van der Waals surface area contributed by atoms with Crippen LogP contribution < -0.4 is 10.6 Å². The summed E-state index contributed by atoms with van der Waals surface area (Å²) in [5.41, 5.74) is 0.842. The quantitative estimate of drug-likeness (QED) is 0.688. The van der Waals surface area contributed by atoms with Crippen molar-refractivity contribution in [1.29, 1.82) is 0 Å². The second kappa shape index (κ2) is 9.53. The lowest BCUT2D eigenvalue weighted by atomic mass is 10.2. The molecule has 1 rings (SSSR count). The number of carbonyl (C=O) groups excluding carboxylic acids is 1. The number of benzene rings is 1. The molecule has 0 radical (unpaired) electrons. The Bertz CT molecular complexity index is 406. The summed E-state index contributed by atoms with van der Waals surface area (Å²) in [7, 11) is 2.15. The number of para-hydroxylation sites is 1. The van der Waals surface area contributed by atoms with Gasteiger partial charge in [-0.1, -0.05) is 18.2 Å². The zero-order valence-corrected chi connectivity index (χ0v) is 13.7. The largest absolute Gasteiger partial charge is 0.325 e. The van der Waals surface area contributed by atoms with Crippen LogP contribution in [0.2, 0.25) is 0 Å². The molecule has 1 aromatic carbocycles. The lowest BCUT2D eigenvalue weighted by Gasteiger charge is -2.21. The van der Waals surface area contributed by atoms with Crippen LogP contribution in [0.3, 0.4) is 0 Å². The minimum absolute atomic E-state index is 0.0144. The molecule has 4 heteroatoms. The summed E-state index contributed by atoms with van der Waals surface area (Å²) in [4.78, 5) is 14.3. The number of nitrogens with one attached hydrogen (secondary N) is 2. The highest BCUT2D eigenvalue weighted by Gasteiger charge is 2.11.